The Morgan fingerprint density at radius 1 is 1.27 bits per heavy atom. The average Bonchev–Trinajstić information content (AvgIpc) is 3.38. The summed E-state index contributed by atoms with van der Waals surface area (Å²) in [6.07, 6.45) is 1.28. The maximum atomic E-state index is 13.8. The largest absolute Gasteiger partial charge is 0.330 e. The number of halogens is 2. The Morgan fingerprint density at radius 2 is 2.04 bits per heavy atom. The van der Waals surface area contributed by atoms with Gasteiger partial charge in [0, 0.05) is 16.9 Å². The van der Waals surface area contributed by atoms with Crippen molar-refractivity contribution in [1.82, 2.24) is 4.57 Å². The summed E-state index contributed by atoms with van der Waals surface area (Å²) in [5.41, 5.74) is 1.03. The second-order valence-corrected chi connectivity index (χ2v) is 7.58. The smallest absolute Gasteiger partial charge is 0.236 e. The number of nitrogens with one attached hydrogen (secondary N) is 1. The summed E-state index contributed by atoms with van der Waals surface area (Å²) < 4.78 is 16.7. The monoisotopic (exact) mass is 411 g/mol. The number of aryl methyl sites for hydroxylation is 1. The van der Waals surface area contributed by atoms with Gasteiger partial charge in [0.05, 0.1) is 22.6 Å². The SMILES string of the molecule is Cn1c(NC(=O)C2(c3cc(F)cc(C#N)c3)CC2)cc2ccc(Br)cc21. The van der Waals surface area contributed by atoms with Crippen molar-refractivity contribution in [1.29, 1.82) is 5.26 Å². The minimum atomic E-state index is -0.759. The fourth-order valence-electron chi connectivity index (χ4n) is 3.36. The Balaban J connectivity index is 1.68. The van der Waals surface area contributed by atoms with Crippen molar-refractivity contribution in [3.63, 3.8) is 0 Å². The third-order valence-corrected chi connectivity index (χ3v) is 5.51. The number of nitriles is 1. The van der Waals surface area contributed by atoms with E-state index in [1.165, 1.54) is 12.1 Å². The van der Waals surface area contributed by atoms with Crippen LogP contribution in [0.2, 0.25) is 0 Å². The van der Waals surface area contributed by atoms with E-state index in [1.807, 2.05) is 41.9 Å². The molecule has 1 fully saturated rings. The predicted molar refractivity (Wildman–Crippen MR) is 101 cm³/mol. The molecule has 1 aromatic heterocycles. The van der Waals surface area contributed by atoms with Crippen molar-refractivity contribution < 1.29 is 9.18 Å². The molecule has 0 unspecified atom stereocenters. The van der Waals surface area contributed by atoms with Crippen LogP contribution in [0.15, 0.2) is 46.9 Å². The number of rotatable bonds is 3. The molecule has 4 rings (SSSR count). The number of carbonyl (C=O) groups is 1. The van der Waals surface area contributed by atoms with Crippen molar-refractivity contribution in [2.45, 2.75) is 18.3 Å². The molecule has 130 valence electrons. The zero-order chi connectivity index (χ0) is 18.5. The molecule has 0 saturated heterocycles. The van der Waals surface area contributed by atoms with Gasteiger partial charge in [-0.25, -0.2) is 4.39 Å². The third kappa shape index (κ3) is 2.69. The minimum absolute atomic E-state index is 0.169. The molecule has 0 aliphatic heterocycles. The third-order valence-electron chi connectivity index (χ3n) is 5.01. The van der Waals surface area contributed by atoms with Crippen molar-refractivity contribution in [2.24, 2.45) is 7.05 Å². The highest BCUT2D eigenvalue weighted by Crippen LogP contribution is 2.49. The molecule has 0 bridgehead atoms. The summed E-state index contributed by atoms with van der Waals surface area (Å²) in [5, 5.41) is 13.1. The molecule has 0 radical (unpaired) electrons. The van der Waals surface area contributed by atoms with Gasteiger partial charge in [0.1, 0.15) is 11.6 Å². The molecule has 4 nitrogen and oxygen atoms in total. The van der Waals surface area contributed by atoms with Crippen molar-refractivity contribution in [2.75, 3.05) is 5.32 Å². The van der Waals surface area contributed by atoms with Gasteiger partial charge < -0.3 is 9.88 Å². The van der Waals surface area contributed by atoms with Crippen LogP contribution in [0.5, 0.6) is 0 Å². The first kappa shape index (κ1) is 16.8. The zero-order valence-electron chi connectivity index (χ0n) is 14.0. The minimum Gasteiger partial charge on any atom is -0.330 e. The van der Waals surface area contributed by atoms with Crippen molar-refractivity contribution >= 4 is 38.6 Å². The van der Waals surface area contributed by atoms with E-state index in [0.29, 0.717) is 24.2 Å². The van der Waals surface area contributed by atoms with Gasteiger partial charge >= 0.3 is 0 Å². The van der Waals surface area contributed by atoms with Gasteiger partial charge in [0.2, 0.25) is 5.91 Å². The maximum Gasteiger partial charge on any atom is 0.236 e. The molecule has 6 heteroatoms. The highest BCUT2D eigenvalue weighted by Gasteiger charge is 2.51. The Labute approximate surface area is 158 Å². The second kappa shape index (κ2) is 5.96. The lowest BCUT2D eigenvalue weighted by Crippen LogP contribution is -2.28. The van der Waals surface area contributed by atoms with Gasteiger partial charge in [-0.2, -0.15) is 5.26 Å². The highest BCUT2D eigenvalue weighted by atomic mass is 79.9. The van der Waals surface area contributed by atoms with E-state index < -0.39 is 11.2 Å². The normalized spacial score (nSPS) is 14.8. The molecule has 0 spiro atoms. The van der Waals surface area contributed by atoms with Crippen LogP contribution in [0, 0.1) is 17.1 Å². The summed E-state index contributed by atoms with van der Waals surface area (Å²) in [7, 11) is 1.89. The molecule has 3 aromatic rings. The molecule has 1 amide bonds. The van der Waals surface area contributed by atoms with Crippen LogP contribution in [-0.4, -0.2) is 10.5 Å². The van der Waals surface area contributed by atoms with Crippen molar-refractivity contribution in [3.8, 4) is 6.07 Å². The molecule has 1 aliphatic rings. The first-order valence-electron chi connectivity index (χ1n) is 8.20. The number of aromatic nitrogens is 1. The first-order valence-corrected chi connectivity index (χ1v) is 9.00. The molecule has 1 aliphatic carbocycles. The lowest BCUT2D eigenvalue weighted by atomic mass is 9.93. The van der Waals surface area contributed by atoms with Gasteiger partial charge in [0.25, 0.3) is 0 Å². The lowest BCUT2D eigenvalue weighted by molar-refractivity contribution is -0.118. The van der Waals surface area contributed by atoms with Crippen LogP contribution in [0.4, 0.5) is 10.2 Å². The number of carbonyl (C=O) groups excluding carboxylic acids is 1. The number of anilines is 1. The van der Waals surface area contributed by atoms with E-state index >= 15 is 0 Å². The predicted octanol–water partition coefficient (Wildman–Crippen LogP) is 4.62. The number of benzene rings is 2. The van der Waals surface area contributed by atoms with Gasteiger partial charge in [-0.15, -0.1) is 0 Å². The van der Waals surface area contributed by atoms with E-state index in [1.54, 1.807) is 6.07 Å². The molecule has 1 N–H and O–H groups in total. The summed E-state index contributed by atoms with van der Waals surface area (Å²) in [6, 6.07) is 13.9. The topological polar surface area (TPSA) is 57.8 Å². The van der Waals surface area contributed by atoms with Gasteiger partial charge in [-0.05, 0) is 54.8 Å². The van der Waals surface area contributed by atoms with E-state index in [2.05, 4.69) is 21.2 Å². The Kier molecular flexibility index (Phi) is 3.85. The summed E-state index contributed by atoms with van der Waals surface area (Å²) in [6.45, 7) is 0. The maximum absolute atomic E-state index is 13.8. The van der Waals surface area contributed by atoms with E-state index in [0.717, 1.165) is 15.4 Å². The van der Waals surface area contributed by atoms with Crippen LogP contribution in [0.1, 0.15) is 24.0 Å². The summed E-state index contributed by atoms with van der Waals surface area (Å²) in [5.74, 6) is 0.0239. The Bertz CT molecular complexity index is 1090. The number of fused-ring (bicyclic) bond motifs is 1. The zero-order valence-corrected chi connectivity index (χ0v) is 15.6. The number of hydrogen-bond acceptors (Lipinski definition) is 2. The quantitative estimate of drug-likeness (QED) is 0.683. The van der Waals surface area contributed by atoms with E-state index in [4.69, 9.17) is 5.26 Å². The molecule has 1 heterocycles. The molecule has 2 aromatic carbocycles. The van der Waals surface area contributed by atoms with Crippen LogP contribution < -0.4 is 5.32 Å². The first-order chi connectivity index (χ1) is 12.4. The fourth-order valence-corrected chi connectivity index (χ4v) is 3.71. The average molecular weight is 412 g/mol. The Hall–Kier alpha value is -2.65. The summed E-state index contributed by atoms with van der Waals surface area (Å²) >= 11 is 3.46. The second-order valence-electron chi connectivity index (χ2n) is 6.67. The standard InChI is InChI=1S/C20H15BrFN3O/c1-25-17-10-15(21)3-2-13(17)8-18(25)24-19(26)20(4-5-20)14-6-12(11-23)7-16(22)9-14/h2-3,6-10H,4-5H2,1H3,(H,24,26). The van der Waals surface area contributed by atoms with E-state index in [-0.39, 0.29) is 11.5 Å². The van der Waals surface area contributed by atoms with Gasteiger partial charge in [-0.3, -0.25) is 4.79 Å². The molecular formula is C20H15BrFN3O. The number of amides is 1. The van der Waals surface area contributed by atoms with E-state index in [9.17, 15) is 9.18 Å². The number of hydrogen-bond donors (Lipinski definition) is 1. The van der Waals surface area contributed by atoms with Crippen LogP contribution in [0.25, 0.3) is 10.9 Å². The van der Waals surface area contributed by atoms with Crippen molar-refractivity contribution in [3.05, 3.63) is 63.9 Å². The molecule has 26 heavy (non-hydrogen) atoms. The van der Waals surface area contributed by atoms with Gasteiger partial charge in [0.15, 0.2) is 0 Å². The molecule has 1 saturated carbocycles. The fraction of sp³-hybridized carbons (Fsp3) is 0.200. The van der Waals surface area contributed by atoms with Crippen LogP contribution in [-0.2, 0) is 17.3 Å². The Morgan fingerprint density at radius 3 is 2.73 bits per heavy atom. The van der Waals surface area contributed by atoms with Crippen LogP contribution >= 0.6 is 15.9 Å². The number of nitrogens with zero attached hydrogens (tertiary/aromatic N) is 2. The lowest BCUT2D eigenvalue weighted by Gasteiger charge is -2.16. The highest BCUT2D eigenvalue weighted by molar-refractivity contribution is 9.10. The molecular weight excluding hydrogens is 397 g/mol. The summed E-state index contributed by atoms with van der Waals surface area (Å²) in [4.78, 5) is 13.0. The molecule has 0 atom stereocenters. The van der Waals surface area contributed by atoms with Crippen LogP contribution in [0.3, 0.4) is 0 Å². The van der Waals surface area contributed by atoms with Gasteiger partial charge in [-0.1, -0.05) is 22.0 Å².